The fourth-order valence-electron chi connectivity index (χ4n) is 3.32. The Morgan fingerprint density at radius 2 is 2.04 bits per heavy atom. The second-order valence-electron chi connectivity index (χ2n) is 6.60. The van der Waals surface area contributed by atoms with Gasteiger partial charge in [-0.25, -0.2) is 0 Å². The Morgan fingerprint density at radius 3 is 2.68 bits per heavy atom. The van der Waals surface area contributed by atoms with Gasteiger partial charge in [-0.1, -0.05) is 12.1 Å². The quantitative estimate of drug-likeness (QED) is 0.850. The number of amides is 1. The first-order valence-electron chi connectivity index (χ1n) is 8.81. The van der Waals surface area contributed by atoms with Gasteiger partial charge in [0.25, 0.3) is 5.91 Å². The number of hydrogen-bond acceptors (Lipinski definition) is 4. The van der Waals surface area contributed by atoms with Gasteiger partial charge < -0.3 is 10.1 Å². The molecule has 2 heterocycles. The smallest absolute Gasteiger partial charge is 0.261 e. The Bertz CT molecular complexity index is 716. The molecule has 4 nitrogen and oxygen atoms in total. The zero-order valence-electron chi connectivity index (χ0n) is 15.2. The van der Waals surface area contributed by atoms with Crippen molar-refractivity contribution in [1.82, 2.24) is 10.2 Å². The van der Waals surface area contributed by atoms with Gasteiger partial charge in [-0.3, -0.25) is 9.69 Å². The third kappa shape index (κ3) is 4.22. The molecule has 0 aliphatic carbocycles. The van der Waals surface area contributed by atoms with Crippen molar-refractivity contribution in [3.05, 3.63) is 51.2 Å². The molecule has 2 aromatic rings. The molecule has 0 saturated carbocycles. The minimum Gasteiger partial charge on any atom is -0.497 e. The maximum absolute atomic E-state index is 12.5. The molecule has 1 atom stereocenters. The summed E-state index contributed by atoms with van der Waals surface area (Å²) in [7, 11) is 1.69. The molecule has 1 aromatic heterocycles. The van der Waals surface area contributed by atoms with Gasteiger partial charge in [0.15, 0.2) is 0 Å². The number of aryl methyl sites for hydroxylation is 2. The average Bonchev–Trinajstić information content (AvgIpc) is 3.26. The summed E-state index contributed by atoms with van der Waals surface area (Å²) >= 11 is 1.56. The number of thiophene rings is 1. The maximum Gasteiger partial charge on any atom is 0.261 e. The van der Waals surface area contributed by atoms with Crippen molar-refractivity contribution in [2.45, 2.75) is 32.7 Å². The first kappa shape index (κ1) is 18.0. The van der Waals surface area contributed by atoms with E-state index in [9.17, 15) is 4.79 Å². The number of carbonyl (C=O) groups excluding carboxylic acids is 1. The summed E-state index contributed by atoms with van der Waals surface area (Å²) in [5.74, 6) is 0.880. The molecule has 134 valence electrons. The molecule has 5 heteroatoms. The molecule has 1 amide bonds. The van der Waals surface area contributed by atoms with Crippen LogP contribution in [0, 0.1) is 13.8 Å². The van der Waals surface area contributed by atoms with Crippen molar-refractivity contribution in [3.63, 3.8) is 0 Å². The highest BCUT2D eigenvalue weighted by molar-refractivity contribution is 7.14. The summed E-state index contributed by atoms with van der Waals surface area (Å²) in [6.07, 6.45) is 2.44. The van der Waals surface area contributed by atoms with E-state index in [0.717, 1.165) is 23.7 Å². The number of carbonyl (C=O) groups is 1. The van der Waals surface area contributed by atoms with Crippen LogP contribution in [0.5, 0.6) is 5.75 Å². The van der Waals surface area contributed by atoms with Gasteiger partial charge in [0.05, 0.1) is 18.0 Å². The highest BCUT2D eigenvalue weighted by Gasteiger charge is 2.24. The first-order chi connectivity index (χ1) is 12.1. The number of rotatable bonds is 6. The predicted octanol–water partition coefficient (Wildman–Crippen LogP) is 3.94. The van der Waals surface area contributed by atoms with E-state index < -0.39 is 0 Å². The van der Waals surface area contributed by atoms with Crippen LogP contribution in [0.3, 0.4) is 0 Å². The third-order valence-electron chi connectivity index (χ3n) is 4.91. The lowest BCUT2D eigenvalue weighted by molar-refractivity contribution is 0.0942. The maximum atomic E-state index is 12.5. The van der Waals surface area contributed by atoms with Crippen molar-refractivity contribution in [3.8, 4) is 5.75 Å². The average molecular weight is 359 g/mol. The summed E-state index contributed by atoms with van der Waals surface area (Å²) < 4.78 is 5.37. The van der Waals surface area contributed by atoms with Crippen molar-refractivity contribution in [2.24, 2.45) is 0 Å². The second kappa shape index (κ2) is 8.02. The molecule has 0 bridgehead atoms. The van der Waals surface area contributed by atoms with Crippen molar-refractivity contribution in [2.75, 3.05) is 26.7 Å². The summed E-state index contributed by atoms with van der Waals surface area (Å²) in [5.41, 5.74) is 2.37. The Kier molecular flexibility index (Phi) is 5.76. The van der Waals surface area contributed by atoms with Gasteiger partial charge >= 0.3 is 0 Å². The molecule has 3 rings (SSSR count). The minimum atomic E-state index is 0.0216. The Morgan fingerprint density at radius 1 is 1.28 bits per heavy atom. The minimum absolute atomic E-state index is 0.0216. The fraction of sp³-hybridized carbons (Fsp3) is 0.450. The van der Waals surface area contributed by atoms with Crippen LogP contribution in [-0.4, -0.2) is 37.6 Å². The number of methoxy groups -OCH3 is 1. The van der Waals surface area contributed by atoms with E-state index in [2.05, 4.69) is 29.3 Å². The van der Waals surface area contributed by atoms with Crippen LogP contribution in [0.15, 0.2) is 30.3 Å². The van der Waals surface area contributed by atoms with E-state index in [1.807, 2.05) is 25.1 Å². The molecular formula is C20H26N2O2S. The van der Waals surface area contributed by atoms with Gasteiger partial charge in [0.1, 0.15) is 5.75 Å². The van der Waals surface area contributed by atoms with E-state index in [0.29, 0.717) is 6.54 Å². The molecule has 0 unspecified atom stereocenters. The molecular weight excluding hydrogens is 332 g/mol. The number of nitrogens with one attached hydrogen (secondary N) is 1. The Hall–Kier alpha value is -1.85. The normalized spacial score (nSPS) is 16.0. The Labute approximate surface area is 153 Å². The lowest BCUT2D eigenvalue weighted by Crippen LogP contribution is -2.36. The van der Waals surface area contributed by atoms with Crippen LogP contribution in [0.25, 0.3) is 0 Å². The highest BCUT2D eigenvalue weighted by Crippen LogP contribution is 2.27. The van der Waals surface area contributed by atoms with Gasteiger partial charge in [-0.2, -0.15) is 0 Å². The SMILES string of the molecule is COc1cccc([C@@H](CNC(=O)c2cc(C)c(C)s2)N2CCCC2)c1. The zero-order chi connectivity index (χ0) is 17.8. The molecule has 1 fully saturated rings. The molecule has 0 radical (unpaired) electrons. The standard InChI is InChI=1S/C20H26N2O2S/c1-14-11-19(25-15(14)2)20(23)21-13-18(22-9-4-5-10-22)16-7-6-8-17(12-16)24-3/h6-8,11-12,18H,4-5,9-10,13H2,1-3H3,(H,21,23)/t18-/m1/s1. The largest absolute Gasteiger partial charge is 0.497 e. The van der Waals surface area contributed by atoms with Gasteiger partial charge in [0.2, 0.25) is 0 Å². The zero-order valence-corrected chi connectivity index (χ0v) is 16.0. The van der Waals surface area contributed by atoms with Crippen LogP contribution in [0.4, 0.5) is 0 Å². The van der Waals surface area contributed by atoms with Crippen LogP contribution >= 0.6 is 11.3 Å². The lowest BCUT2D eigenvalue weighted by Gasteiger charge is -2.28. The predicted molar refractivity (Wildman–Crippen MR) is 103 cm³/mol. The third-order valence-corrected chi connectivity index (χ3v) is 6.06. The fourth-order valence-corrected chi connectivity index (χ4v) is 4.27. The first-order valence-corrected chi connectivity index (χ1v) is 9.63. The number of nitrogens with zero attached hydrogens (tertiary/aromatic N) is 1. The van der Waals surface area contributed by atoms with Gasteiger partial charge in [-0.15, -0.1) is 11.3 Å². The van der Waals surface area contributed by atoms with E-state index in [4.69, 9.17) is 4.74 Å². The topological polar surface area (TPSA) is 41.6 Å². The number of benzene rings is 1. The highest BCUT2D eigenvalue weighted by atomic mass is 32.1. The van der Waals surface area contributed by atoms with Crippen molar-refractivity contribution >= 4 is 17.2 Å². The Balaban J connectivity index is 1.74. The van der Waals surface area contributed by atoms with Crippen molar-refractivity contribution in [1.29, 1.82) is 0 Å². The lowest BCUT2D eigenvalue weighted by atomic mass is 10.0. The molecule has 1 aliphatic heterocycles. The molecule has 0 spiro atoms. The number of likely N-dealkylation sites (tertiary alicyclic amines) is 1. The summed E-state index contributed by atoms with van der Waals surface area (Å²) in [4.78, 5) is 17.0. The number of hydrogen-bond donors (Lipinski definition) is 1. The molecule has 25 heavy (non-hydrogen) atoms. The van der Waals surface area contributed by atoms with Gasteiger partial charge in [-0.05, 0) is 69.1 Å². The van der Waals surface area contributed by atoms with Crippen LogP contribution in [0.2, 0.25) is 0 Å². The molecule has 1 N–H and O–H groups in total. The van der Waals surface area contributed by atoms with Crippen LogP contribution in [0.1, 0.15) is 44.6 Å². The monoisotopic (exact) mass is 358 g/mol. The van der Waals surface area contributed by atoms with Crippen LogP contribution < -0.4 is 10.1 Å². The summed E-state index contributed by atoms with van der Waals surface area (Å²) in [6, 6.07) is 10.3. The van der Waals surface area contributed by atoms with E-state index in [1.54, 1.807) is 18.4 Å². The molecule has 1 aliphatic rings. The van der Waals surface area contributed by atoms with E-state index in [1.165, 1.54) is 28.8 Å². The van der Waals surface area contributed by atoms with Crippen LogP contribution in [-0.2, 0) is 0 Å². The number of ether oxygens (including phenoxy) is 1. The van der Waals surface area contributed by atoms with E-state index in [-0.39, 0.29) is 11.9 Å². The van der Waals surface area contributed by atoms with E-state index >= 15 is 0 Å². The van der Waals surface area contributed by atoms with Crippen molar-refractivity contribution < 1.29 is 9.53 Å². The molecule has 1 aromatic carbocycles. The van der Waals surface area contributed by atoms with Gasteiger partial charge in [0, 0.05) is 11.4 Å². The summed E-state index contributed by atoms with van der Waals surface area (Å²) in [5, 5.41) is 3.14. The summed E-state index contributed by atoms with van der Waals surface area (Å²) in [6.45, 7) is 6.87. The second-order valence-corrected chi connectivity index (χ2v) is 7.85. The molecule has 1 saturated heterocycles.